The number of unbranched alkanes of at least 4 members (excludes halogenated alkanes) is 1. The first-order chi connectivity index (χ1) is 8.60. The lowest BCUT2D eigenvalue weighted by Gasteiger charge is -2.21. The van der Waals surface area contributed by atoms with Gasteiger partial charge in [0.05, 0.1) is 13.2 Å². The van der Waals surface area contributed by atoms with E-state index in [0.29, 0.717) is 0 Å². The number of carbonyl (C=O) groups is 1. The average Bonchev–Trinajstić information content (AvgIpc) is 2.43. The first-order valence-electron chi connectivity index (χ1n) is 6.27. The van der Waals surface area contributed by atoms with E-state index < -0.39 is 6.04 Å². The molecule has 0 saturated heterocycles. The van der Waals surface area contributed by atoms with Crippen molar-refractivity contribution >= 4 is 11.6 Å². The van der Waals surface area contributed by atoms with Gasteiger partial charge in [0.15, 0.2) is 0 Å². The lowest BCUT2D eigenvalue weighted by Crippen LogP contribution is -2.41. The number of ether oxygens (including phenoxy) is 1. The highest BCUT2D eigenvalue weighted by Gasteiger charge is 2.18. The quantitative estimate of drug-likeness (QED) is 0.842. The zero-order chi connectivity index (χ0) is 13.5. The highest BCUT2D eigenvalue weighted by molar-refractivity contribution is 5.96. The van der Waals surface area contributed by atoms with Crippen molar-refractivity contribution in [1.82, 2.24) is 0 Å². The van der Waals surface area contributed by atoms with Gasteiger partial charge in [-0.2, -0.15) is 0 Å². The standard InChI is InChI=1S/C14H22N2O2/c1-4-5-6-13(15)14(17)16(2)11-7-9-12(18-3)10-8-11/h7-10,13H,4-6,15H2,1-3H3. The third-order valence-corrected chi connectivity index (χ3v) is 2.98. The average molecular weight is 250 g/mol. The Kier molecular flexibility index (Phi) is 5.65. The molecule has 0 aliphatic heterocycles. The fourth-order valence-corrected chi connectivity index (χ4v) is 1.73. The first-order valence-corrected chi connectivity index (χ1v) is 6.27. The van der Waals surface area contributed by atoms with E-state index in [9.17, 15) is 4.79 Å². The first kappa shape index (κ1) is 14.5. The van der Waals surface area contributed by atoms with Gasteiger partial charge in [-0.1, -0.05) is 19.8 Å². The molecule has 0 fully saturated rings. The zero-order valence-corrected chi connectivity index (χ0v) is 11.3. The normalized spacial score (nSPS) is 12.0. The van der Waals surface area contributed by atoms with Gasteiger partial charge in [0, 0.05) is 12.7 Å². The van der Waals surface area contributed by atoms with Crippen LogP contribution in [0.3, 0.4) is 0 Å². The highest BCUT2D eigenvalue weighted by Crippen LogP contribution is 2.19. The molecule has 1 amide bonds. The fraction of sp³-hybridized carbons (Fsp3) is 0.500. The minimum absolute atomic E-state index is 0.0476. The molecule has 4 nitrogen and oxygen atoms in total. The number of rotatable bonds is 6. The van der Waals surface area contributed by atoms with Gasteiger partial charge in [-0.15, -0.1) is 0 Å². The van der Waals surface area contributed by atoms with E-state index in [1.165, 1.54) is 0 Å². The van der Waals surface area contributed by atoms with Gasteiger partial charge >= 0.3 is 0 Å². The molecule has 1 atom stereocenters. The second kappa shape index (κ2) is 7.01. The van der Waals surface area contributed by atoms with Crippen LogP contribution in [0.25, 0.3) is 0 Å². The molecule has 1 aromatic carbocycles. The zero-order valence-electron chi connectivity index (χ0n) is 11.3. The molecule has 0 aliphatic rings. The Morgan fingerprint density at radius 3 is 2.50 bits per heavy atom. The Morgan fingerprint density at radius 1 is 1.39 bits per heavy atom. The van der Waals surface area contributed by atoms with E-state index in [1.807, 2.05) is 24.3 Å². The molecule has 1 unspecified atom stereocenters. The molecule has 0 heterocycles. The molecule has 100 valence electrons. The van der Waals surface area contributed by atoms with Crippen molar-refractivity contribution in [3.63, 3.8) is 0 Å². The number of amides is 1. The summed E-state index contributed by atoms with van der Waals surface area (Å²) in [6, 6.07) is 6.94. The monoisotopic (exact) mass is 250 g/mol. The van der Waals surface area contributed by atoms with Crippen LogP contribution in [0.4, 0.5) is 5.69 Å². The highest BCUT2D eigenvalue weighted by atomic mass is 16.5. The van der Waals surface area contributed by atoms with E-state index in [-0.39, 0.29) is 5.91 Å². The Labute approximate surface area is 109 Å². The molecular weight excluding hydrogens is 228 g/mol. The number of benzene rings is 1. The molecule has 0 spiro atoms. The van der Waals surface area contributed by atoms with Crippen LogP contribution in [0.5, 0.6) is 5.75 Å². The van der Waals surface area contributed by atoms with Crippen LogP contribution in [0.1, 0.15) is 26.2 Å². The van der Waals surface area contributed by atoms with Crippen LogP contribution in [-0.4, -0.2) is 26.1 Å². The van der Waals surface area contributed by atoms with E-state index >= 15 is 0 Å². The molecule has 1 aromatic rings. The second-order valence-corrected chi connectivity index (χ2v) is 4.34. The van der Waals surface area contributed by atoms with Crippen molar-refractivity contribution in [2.24, 2.45) is 5.73 Å². The maximum absolute atomic E-state index is 12.1. The SMILES string of the molecule is CCCCC(N)C(=O)N(C)c1ccc(OC)cc1. The topological polar surface area (TPSA) is 55.6 Å². The maximum atomic E-state index is 12.1. The molecule has 0 aliphatic carbocycles. The largest absolute Gasteiger partial charge is 0.497 e. The lowest BCUT2D eigenvalue weighted by atomic mass is 10.1. The van der Waals surface area contributed by atoms with Crippen LogP contribution in [0, 0.1) is 0 Å². The molecule has 18 heavy (non-hydrogen) atoms. The van der Waals surface area contributed by atoms with Crippen molar-refractivity contribution in [3.8, 4) is 5.75 Å². The summed E-state index contributed by atoms with van der Waals surface area (Å²) in [5, 5.41) is 0. The van der Waals surface area contributed by atoms with Crippen molar-refractivity contribution in [3.05, 3.63) is 24.3 Å². The predicted molar refractivity (Wildman–Crippen MR) is 73.9 cm³/mol. The number of hydrogen-bond donors (Lipinski definition) is 1. The van der Waals surface area contributed by atoms with Gasteiger partial charge in [-0.25, -0.2) is 0 Å². The number of nitrogens with two attached hydrogens (primary N) is 1. The van der Waals surface area contributed by atoms with Crippen LogP contribution in [0.15, 0.2) is 24.3 Å². The number of anilines is 1. The maximum Gasteiger partial charge on any atom is 0.243 e. The molecule has 0 bridgehead atoms. The molecule has 0 radical (unpaired) electrons. The van der Waals surface area contributed by atoms with Crippen molar-refractivity contribution < 1.29 is 9.53 Å². The number of methoxy groups -OCH3 is 1. The van der Waals surface area contributed by atoms with Gasteiger partial charge in [0.25, 0.3) is 0 Å². The lowest BCUT2D eigenvalue weighted by molar-refractivity contribution is -0.119. The molecular formula is C14H22N2O2. The number of nitrogens with zero attached hydrogens (tertiary/aromatic N) is 1. The summed E-state index contributed by atoms with van der Waals surface area (Å²) in [7, 11) is 3.36. The Bertz CT molecular complexity index is 376. The number of carbonyl (C=O) groups excluding carboxylic acids is 1. The summed E-state index contributed by atoms with van der Waals surface area (Å²) in [6.45, 7) is 2.09. The summed E-state index contributed by atoms with van der Waals surface area (Å²) < 4.78 is 5.08. The van der Waals surface area contributed by atoms with Gasteiger partial charge in [0.2, 0.25) is 5.91 Å². The van der Waals surface area contributed by atoms with E-state index in [4.69, 9.17) is 10.5 Å². The Hall–Kier alpha value is -1.55. The molecule has 2 N–H and O–H groups in total. The Morgan fingerprint density at radius 2 is 2.00 bits per heavy atom. The molecule has 0 saturated carbocycles. The third kappa shape index (κ3) is 3.74. The molecule has 1 rings (SSSR count). The van der Waals surface area contributed by atoms with Gasteiger partial charge < -0.3 is 15.4 Å². The minimum Gasteiger partial charge on any atom is -0.497 e. The van der Waals surface area contributed by atoms with E-state index in [0.717, 1.165) is 30.7 Å². The fourth-order valence-electron chi connectivity index (χ4n) is 1.73. The van der Waals surface area contributed by atoms with E-state index in [1.54, 1.807) is 19.1 Å². The molecule has 0 aromatic heterocycles. The predicted octanol–water partition coefficient (Wildman–Crippen LogP) is 2.18. The van der Waals surface area contributed by atoms with Gasteiger partial charge in [0.1, 0.15) is 5.75 Å². The Balaban J connectivity index is 2.67. The van der Waals surface area contributed by atoms with Gasteiger partial charge in [-0.05, 0) is 30.7 Å². The van der Waals surface area contributed by atoms with Crippen molar-refractivity contribution in [1.29, 1.82) is 0 Å². The molecule has 4 heteroatoms. The second-order valence-electron chi connectivity index (χ2n) is 4.34. The third-order valence-electron chi connectivity index (χ3n) is 2.98. The summed E-state index contributed by atoms with van der Waals surface area (Å²) in [4.78, 5) is 13.7. The van der Waals surface area contributed by atoms with Crippen molar-refractivity contribution in [2.45, 2.75) is 32.2 Å². The van der Waals surface area contributed by atoms with Crippen LogP contribution < -0.4 is 15.4 Å². The van der Waals surface area contributed by atoms with Gasteiger partial charge in [-0.3, -0.25) is 4.79 Å². The minimum atomic E-state index is -0.419. The van der Waals surface area contributed by atoms with Crippen LogP contribution in [-0.2, 0) is 4.79 Å². The summed E-state index contributed by atoms with van der Waals surface area (Å²) in [6.07, 6.45) is 2.76. The summed E-state index contributed by atoms with van der Waals surface area (Å²) >= 11 is 0. The smallest absolute Gasteiger partial charge is 0.243 e. The van der Waals surface area contributed by atoms with Crippen LogP contribution >= 0.6 is 0 Å². The van der Waals surface area contributed by atoms with Crippen LogP contribution in [0.2, 0.25) is 0 Å². The number of likely N-dealkylation sites (N-methyl/N-ethyl adjacent to an activating group) is 1. The van der Waals surface area contributed by atoms with Crippen molar-refractivity contribution in [2.75, 3.05) is 19.1 Å². The van der Waals surface area contributed by atoms with E-state index in [2.05, 4.69) is 6.92 Å². The number of hydrogen-bond acceptors (Lipinski definition) is 3. The summed E-state index contributed by atoms with van der Waals surface area (Å²) in [5.74, 6) is 0.725. The summed E-state index contributed by atoms with van der Waals surface area (Å²) in [5.41, 5.74) is 6.71.